The third-order valence-electron chi connectivity index (χ3n) is 2.30. The Morgan fingerprint density at radius 1 is 1.32 bits per heavy atom. The maximum Gasteiger partial charge on any atom is 0.313 e. The fourth-order valence-electron chi connectivity index (χ4n) is 1.40. The molecule has 0 atom stereocenters. The minimum Gasteiger partial charge on any atom is -0.430 e. The number of ether oxygens (including phenoxy) is 1. The Hall–Kier alpha value is -1.85. The molecule has 0 aliphatic carbocycles. The van der Waals surface area contributed by atoms with Crippen molar-refractivity contribution in [1.82, 2.24) is 4.98 Å². The quantitative estimate of drug-likeness (QED) is 0.482. The first kappa shape index (κ1) is 13.6. The normalized spacial score (nSPS) is 10.2. The Bertz CT molecular complexity index is 602. The molecule has 0 spiro atoms. The van der Waals surface area contributed by atoms with Gasteiger partial charge in [-0.2, -0.15) is 0 Å². The number of para-hydroxylation sites is 1. The summed E-state index contributed by atoms with van der Waals surface area (Å²) in [4.78, 5) is 14.3. The largest absolute Gasteiger partial charge is 0.430 e. The lowest BCUT2D eigenvalue weighted by molar-refractivity contribution is -0.385. The Morgan fingerprint density at radius 2 is 2.11 bits per heavy atom. The summed E-state index contributed by atoms with van der Waals surface area (Å²) in [6, 6.07) is 7.60. The number of halogens is 2. The highest BCUT2D eigenvalue weighted by Gasteiger charge is 2.19. The lowest BCUT2D eigenvalue weighted by Crippen LogP contribution is -1.95. The Morgan fingerprint density at radius 3 is 2.68 bits per heavy atom. The molecular weight excluding hydrogens is 291 g/mol. The standard InChI is InChI=1S/C12H8Cl2N2O3/c13-6-8-4-5-11(15-7-8)19-12-9(14)2-1-3-10(12)16(17)18/h1-5,7H,6H2. The molecule has 7 heteroatoms. The number of rotatable bonds is 4. The zero-order valence-electron chi connectivity index (χ0n) is 9.55. The van der Waals surface area contributed by atoms with Crippen LogP contribution in [0.3, 0.4) is 0 Å². The molecule has 0 unspecified atom stereocenters. The molecule has 0 amide bonds. The first-order chi connectivity index (χ1) is 9.11. The molecule has 2 aromatic rings. The van der Waals surface area contributed by atoms with Gasteiger partial charge in [-0.05, 0) is 11.6 Å². The van der Waals surface area contributed by atoms with Crippen LogP contribution in [0, 0.1) is 10.1 Å². The number of hydrogen-bond acceptors (Lipinski definition) is 4. The van der Waals surface area contributed by atoms with Gasteiger partial charge in [-0.25, -0.2) is 4.98 Å². The SMILES string of the molecule is O=[N+]([O-])c1cccc(Cl)c1Oc1ccc(CCl)cn1. The van der Waals surface area contributed by atoms with Crippen LogP contribution in [-0.4, -0.2) is 9.91 Å². The summed E-state index contributed by atoms with van der Waals surface area (Å²) in [5.41, 5.74) is 0.610. The lowest BCUT2D eigenvalue weighted by Gasteiger charge is -2.07. The third kappa shape index (κ3) is 3.13. The summed E-state index contributed by atoms with van der Waals surface area (Å²) < 4.78 is 5.37. The van der Waals surface area contributed by atoms with Crippen LogP contribution >= 0.6 is 23.2 Å². The van der Waals surface area contributed by atoms with Crippen LogP contribution in [0.1, 0.15) is 5.56 Å². The van der Waals surface area contributed by atoms with Crippen LogP contribution in [0.5, 0.6) is 11.6 Å². The van der Waals surface area contributed by atoms with E-state index in [2.05, 4.69) is 4.98 Å². The fourth-order valence-corrected chi connectivity index (χ4v) is 1.76. The molecule has 0 fully saturated rings. The number of nitro benzene ring substituents is 1. The number of pyridine rings is 1. The van der Waals surface area contributed by atoms with E-state index in [1.807, 2.05) is 0 Å². The van der Waals surface area contributed by atoms with Crippen molar-refractivity contribution in [2.75, 3.05) is 0 Å². The first-order valence-corrected chi connectivity index (χ1v) is 6.14. The predicted octanol–water partition coefficient (Wildman–Crippen LogP) is 4.17. The van der Waals surface area contributed by atoms with Crippen LogP contribution in [0.15, 0.2) is 36.5 Å². The van der Waals surface area contributed by atoms with Gasteiger partial charge in [0.25, 0.3) is 0 Å². The molecular formula is C12H8Cl2N2O3. The van der Waals surface area contributed by atoms with E-state index >= 15 is 0 Å². The number of hydrogen-bond donors (Lipinski definition) is 0. The lowest BCUT2D eigenvalue weighted by atomic mass is 10.3. The van der Waals surface area contributed by atoms with Gasteiger partial charge in [0.05, 0.1) is 9.95 Å². The molecule has 0 radical (unpaired) electrons. The van der Waals surface area contributed by atoms with Gasteiger partial charge in [-0.1, -0.05) is 23.7 Å². The molecule has 0 bridgehead atoms. The third-order valence-corrected chi connectivity index (χ3v) is 2.91. The molecule has 98 valence electrons. The Kier molecular flexibility index (Phi) is 4.19. The molecule has 1 heterocycles. The predicted molar refractivity (Wildman–Crippen MR) is 72.0 cm³/mol. The minimum atomic E-state index is -0.561. The molecule has 19 heavy (non-hydrogen) atoms. The Balaban J connectivity index is 2.34. The number of nitrogens with zero attached hydrogens (tertiary/aromatic N) is 2. The van der Waals surface area contributed by atoms with Gasteiger partial charge in [-0.3, -0.25) is 10.1 Å². The van der Waals surface area contributed by atoms with E-state index in [4.69, 9.17) is 27.9 Å². The van der Waals surface area contributed by atoms with Crippen molar-refractivity contribution in [3.63, 3.8) is 0 Å². The summed E-state index contributed by atoms with van der Waals surface area (Å²) in [5, 5.41) is 11.0. The second kappa shape index (κ2) is 5.86. The summed E-state index contributed by atoms with van der Waals surface area (Å²) in [6.45, 7) is 0. The van der Waals surface area contributed by atoms with E-state index < -0.39 is 4.92 Å². The molecule has 0 saturated heterocycles. The zero-order chi connectivity index (χ0) is 13.8. The maximum absolute atomic E-state index is 10.9. The van der Waals surface area contributed by atoms with Gasteiger partial charge in [-0.15, -0.1) is 11.6 Å². The number of nitro groups is 1. The minimum absolute atomic E-state index is 0.0275. The smallest absolute Gasteiger partial charge is 0.313 e. The van der Waals surface area contributed by atoms with Crippen LogP contribution in [-0.2, 0) is 5.88 Å². The van der Waals surface area contributed by atoms with Crippen molar-refractivity contribution in [2.24, 2.45) is 0 Å². The molecule has 0 aliphatic heterocycles. The van der Waals surface area contributed by atoms with Crippen molar-refractivity contribution in [2.45, 2.75) is 5.88 Å². The van der Waals surface area contributed by atoms with E-state index in [1.165, 1.54) is 24.4 Å². The zero-order valence-corrected chi connectivity index (χ0v) is 11.1. The van der Waals surface area contributed by atoms with Crippen LogP contribution in [0.2, 0.25) is 5.02 Å². The monoisotopic (exact) mass is 298 g/mol. The summed E-state index contributed by atoms with van der Waals surface area (Å²) in [7, 11) is 0. The van der Waals surface area contributed by atoms with Gasteiger partial charge in [0.2, 0.25) is 11.6 Å². The highest BCUT2D eigenvalue weighted by Crippen LogP contribution is 2.37. The first-order valence-electron chi connectivity index (χ1n) is 5.23. The van der Waals surface area contributed by atoms with Gasteiger partial charge in [0, 0.05) is 24.2 Å². The number of aromatic nitrogens is 1. The summed E-state index contributed by atoms with van der Waals surface area (Å²) in [6.07, 6.45) is 1.53. The van der Waals surface area contributed by atoms with E-state index in [-0.39, 0.29) is 22.3 Å². The second-order valence-corrected chi connectivity index (χ2v) is 4.26. The summed E-state index contributed by atoms with van der Waals surface area (Å²) in [5.74, 6) is 0.518. The molecule has 0 N–H and O–H groups in total. The van der Waals surface area contributed by atoms with Gasteiger partial charge in [0.1, 0.15) is 0 Å². The average molecular weight is 299 g/mol. The molecule has 1 aromatic carbocycles. The second-order valence-electron chi connectivity index (χ2n) is 3.59. The highest BCUT2D eigenvalue weighted by molar-refractivity contribution is 6.32. The fraction of sp³-hybridized carbons (Fsp3) is 0.0833. The number of benzene rings is 1. The van der Waals surface area contributed by atoms with Crippen molar-refractivity contribution >= 4 is 28.9 Å². The van der Waals surface area contributed by atoms with Crippen LogP contribution < -0.4 is 4.74 Å². The van der Waals surface area contributed by atoms with Crippen LogP contribution in [0.25, 0.3) is 0 Å². The van der Waals surface area contributed by atoms with E-state index in [0.717, 1.165) is 5.56 Å². The summed E-state index contributed by atoms with van der Waals surface area (Å²) >= 11 is 11.5. The van der Waals surface area contributed by atoms with E-state index in [1.54, 1.807) is 12.1 Å². The topological polar surface area (TPSA) is 65.3 Å². The van der Waals surface area contributed by atoms with Gasteiger partial charge in [0.15, 0.2) is 0 Å². The molecule has 0 saturated carbocycles. The maximum atomic E-state index is 10.9. The molecule has 0 aliphatic rings. The van der Waals surface area contributed by atoms with Gasteiger partial charge < -0.3 is 4.74 Å². The number of alkyl halides is 1. The molecule has 1 aromatic heterocycles. The van der Waals surface area contributed by atoms with Crippen molar-refractivity contribution < 1.29 is 9.66 Å². The van der Waals surface area contributed by atoms with Crippen molar-refractivity contribution in [3.05, 3.63) is 57.2 Å². The Labute approximate surface area is 118 Å². The van der Waals surface area contributed by atoms with Crippen molar-refractivity contribution in [3.8, 4) is 11.6 Å². The van der Waals surface area contributed by atoms with Crippen molar-refractivity contribution in [1.29, 1.82) is 0 Å². The van der Waals surface area contributed by atoms with E-state index in [9.17, 15) is 10.1 Å². The molecule has 5 nitrogen and oxygen atoms in total. The van der Waals surface area contributed by atoms with E-state index in [0.29, 0.717) is 5.88 Å². The van der Waals surface area contributed by atoms with Gasteiger partial charge >= 0.3 is 5.69 Å². The average Bonchev–Trinajstić information content (AvgIpc) is 2.41. The van der Waals surface area contributed by atoms with Crippen LogP contribution in [0.4, 0.5) is 5.69 Å². The highest BCUT2D eigenvalue weighted by atomic mass is 35.5. The molecule has 2 rings (SSSR count).